The van der Waals surface area contributed by atoms with E-state index in [0.29, 0.717) is 23.0 Å². The normalized spacial score (nSPS) is 15.5. The van der Waals surface area contributed by atoms with Crippen molar-refractivity contribution in [2.75, 3.05) is 19.7 Å². The van der Waals surface area contributed by atoms with E-state index in [1.807, 2.05) is 25.1 Å². The lowest BCUT2D eigenvalue weighted by molar-refractivity contribution is 0.0968. The summed E-state index contributed by atoms with van der Waals surface area (Å²) in [4.78, 5) is 14.5. The molecule has 1 aromatic rings. The number of nitrogens with one attached hydrogen (secondary N) is 1. The number of likely N-dealkylation sites (tertiary alicyclic amines) is 1. The van der Waals surface area contributed by atoms with E-state index in [1.165, 1.54) is 0 Å². The van der Waals surface area contributed by atoms with Crippen LogP contribution < -0.4 is 10.1 Å². The molecule has 0 spiro atoms. The Labute approximate surface area is 137 Å². The SMILES string of the molecule is CCCOc1ccccc1C(=O)NC(=S)N1CCC(C)CC1. The quantitative estimate of drug-likeness (QED) is 0.865. The summed E-state index contributed by atoms with van der Waals surface area (Å²) in [6.45, 7) is 6.71. The van der Waals surface area contributed by atoms with Gasteiger partial charge in [0.25, 0.3) is 5.91 Å². The van der Waals surface area contributed by atoms with E-state index in [-0.39, 0.29) is 5.91 Å². The minimum Gasteiger partial charge on any atom is -0.493 e. The van der Waals surface area contributed by atoms with Gasteiger partial charge in [-0.05, 0) is 49.5 Å². The van der Waals surface area contributed by atoms with Crippen LogP contribution in [0.5, 0.6) is 5.75 Å². The lowest BCUT2D eigenvalue weighted by Crippen LogP contribution is -2.46. The van der Waals surface area contributed by atoms with Crippen molar-refractivity contribution in [2.24, 2.45) is 5.92 Å². The summed E-state index contributed by atoms with van der Waals surface area (Å²) in [7, 11) is 0. The van der Waals surface area contributed by atoms with E-state index in [2.05, 4.69) is 17.1 Å². The molecular formula is C17H24N2O2S. The first-order valence-electron chi connectivity index (χ1n) is 7.94. The summed E-state index contributed by atoms with van der Waals surface area (Å²) in [5.74, 6) is 1.14. The van der Waals surface area contributed by atoms with Gasteiger partial charge in [0.1, 0.15) is 5.75 Å². The van der Waals surface area contributed by atoms with Crippen LogP contribution in [-0.2, 0) is 0 Å². The summed E-state index contributed by atoms with van der Waals surface area (Å²) < 4.78 is 5.63. The minimum absolute atomic E-state index is 0.199. The number of hydrogen-bond acceptors (Lipinski definition) is 3. The van der Waals surface area contributed by atoms with Crippen LogP contribution in [0.1, 0.15) is 43.5 Å². The van der Waals surface area contributed by atoms with Gasteiger partial charge in [0.2, 0.25) is 0 Å². The number of para-hydroxylation sites is 1. The van der Waals surface area contributed by atoms with Crippen molar-refractivity contribution in [1.29, 1.82) is 0 Å². The Hall–Kier alpha value is -1.62. The molecule has 1 aliphatic rings. The van der Waals surface area contributed by atoms with E-state index < -0.39 is 0 Å². The highest BCUT2D eigenvalue weighted by atomic mass is 32.1. The van der Waals surface area contributed by atoms with Gasteiger partial charge in [-0.1, -0.05) is 26.0 Å². The molecule has 0 radical (unpaired) electrons. The van der Waals surface area contributed by atoms with Crippen LogP contribution in [0.3, 0.4) is 0 Å². The molecule has 1 heterocycles. The Morgan fingerprint density at radius 1 is 1.36 bits per heavy atom. The highest BCUT2D eigenvalue weighted by Crippen LogP contribution is 2.19. The average Bonchev–Trinajstić information content (AvgIpc) is 2.53. The molecule has 0 saturated carbocycles. The summed E-state index contributed by atoms with van der Waals surface area (Å²) in [5, 5.41) is 3.35. The Morgan fingerprint density at radius 2 is 2.05 bits per heavy atom. The van der Waals surface area contributed by atoms with E-state index in [4.69, 9.17) is 17.0 Å². The monoisotopic (exact) mass is 320 g/mol. The van der Waals surface area contributed by atoms with Gasteiger partial charge in [0.05, 0.1) is 12.2 Å². The number of benzene rings is 1. The van der Waals surface area contributed by atoms with Crippen molar-refractivity contribution in [3.05, 3.63) is 29.8 Å². The molecule has 1 aliphatic heterocycles. The number of hydrogen-bond donors (Lipinski definition) is 1. The van der Waals surface area contributed by atoms with Crippen LogP contribution in [0.4, 0.5) is 0 Å². The molecule has 0 aliphatic carbocycles. The number of nitrogens with zero attached hydrogens (tertiary/aromatic N) is 1. The third-order valence-corrected chi connectivity index (χ3v) is 4.24. The number of carbonyl (C=O) groups excluding carboxylic acids is 1. The first kappa shape index (κ1) is 16.7. The number of carbonyl (C=O) groups is 1. The molecule has 1 amide bonds. The maximum absolute atomic E-state index is 12.4. The zero-order valence-electron chi connectivity index (χ0n) is 13.3. The molecule has 120 valence electrons. The third-order valence-electron chi connectivity index (χ3n) is 3.88. The van der Waals surface area contributed by atoms with Crippen LogP contribution >= 0.6 is 12.2 Å². The van der Waals surface area contributed by atoms with Crippen molar-refractivity contribution >= 4 is 23.2 Å². The van der Waals surface area contributed by atoms with Crippen molar-refractivity contribution in [3.63, 3.8) is 0 Å². The smallest absolute Gasteiger partial charge is 0.261 e. The lowest BCUT2D eigenvalue weighted by atomic mass is 10.00. The molecule has 0 unspecified atom stereocenters. The van der Waals surface area contributed by atoms with Gasteiger partial charge < -0.3 is 9.64 Å². The lowest BCUT2D eigenvalue weighted by Gasteiger charge is -2.32. The fourth-order valence-corrected chi connectivity index (χ4v) is 2.72. The average molecular weight is 320 g/mol. The molecule has 5 heteroatoms. The van der Waals surface area contributed by atoms with Crippen molar-refractivity contribution in [3.8, 4) is 5.75 Å². The summed E-state index contributed by atoms with van der Waals surface area (Å²) in [6.07, 6.45) is 3.14. The Kier molecular flexibility index (Phi) is 6.19. The maximum Gasteiger partial charge on any atom is 0.261 e. The third kappa shape index (κ3) is 4.44. The predicted molar refractivity (Wildman–Crippen MR) is 92.3 cm³/mol. The molecule has 0 atom stereocenters. The standard InChI is InChI=1S/C17H24N2O2S/c1-3-12-21-15-7-5-4-6-14(15)16(20)18-17(22)19-10-8-13(2)9-11-19/h4-7,13H,3,8-12H2,1-2H3,(H,18,20,22). The molecule has 1 saturated heterocycles. The predicted octanol–water partition coefficient (Wildman–Crippen LogP) is 3.22. The Bertz CT molecular complexity index is 525. The maximum atomic E-state index is 12.4. The molecule has 0 aromatic heterocycles. The number of ether oxygens (including phenoxy) is 1. The largest absolute Gasteiger partial charge is 0.493 e. The van der Waals surface area contributed by atoms with Crippen LogP contribution in [0, 0.1) is 5.92 Å². The van der Waals surface area contributed by atoms with Gasteiger partial charge >= 0.3 is 0 Å². The second-order valence-corrected chi connectivity index (χ2v) is 6.16. The van der Waals surface area contributed by atoms with Crippen LogP contribution in [0.25, 0.3) is 0 Å². The van der Waals surface area contributed by atoms with Gasteiger partial charge in [-0.3, -0.25) is 10.1 Å². The molecule has 1 fully saturated rings. The fourth-order valence-electron chi connectivity index (χ4n) is 2.45. The van der Waals surface area contributed by atoms with E-state index in [9.17, 15) is 4.79 Å². The van der Waals surface area contributed by atoms with Gasteiger partial charge in [-0.25, -0.2) is 0 Å². The Balaban J connectivity index is 1.98. The highest BCUT2D eigenvalue weighted by molar-refractivity contribution is 7.80. The first-order chi connectivity index (χ1) is 10.6. The zero-order valence-corrected chi connectivity index (χ0v) is 14.1. The molecule has 4 nitrogen and oxygen atoms in total. The molecule has 22 heavy (non-hydrogen) atoms. The van der Waals surface area contributed by atoms with Crippen molar-refractivity contribution in [1.82, 2.24) is 10.2 Å². The highest BCUT2D eigenvalue weighted by Gasteiger charge is 2.20. The molecule has 0 bridgehead atoms. The van der Waals surface area contributed by atoms with Crippen molar-refractivity contribution in [2.45, 2.75) is 33.1 Å². The summed E-state index contributed by atoms with van der Waals surface area (Å²) in [5.41, 5.74) is 0.531. The van der Waals surface area contributed by atoms with Crippen molar-refractivity contribution < 1.29 is 9.53 Å². The van der Waals surface area contributed by atoms with Crippen LogP contribution in [0.15, 0.2) is 24.3 Å². The van der Waals surface area contributed by atoms with E-state index in [0.717, 1.165) is 38.3 Å². The van der Waals surface area contributed by atoms with E-state index in [1.54, 1.807) is 6.07 Å². The second-order valence-electron chi connectivity index (χ2n) is 5.77. The van der Waals surface area contributed by atoms with Crippen LogP contribution in [0.2, 0.25) is 0 Å². The number of piperidine rings is 1. The molecule has 2 rings (SSSR count). The zero-order chi connectivity index (χ0) is 15.9. The number of amides is 1. The molecular weight excluding hydrogens is 296 g/mol. The van der Waals surface area contributed by atoms with Gasteiger partial charge in [-0.15, -0.1) is 0 Å². The van der Waals surface area contributed by atoms with Crippen LogP contribution in [-0.4, -0.2) is 35.6 Å². The second kappa shape index (κ2) is 8.13. The Morgan fingerprint density at radius 3 is 2.73 bits per heavy atom. The first-order valence-corrected chi connectivity index (χ1v) is 8.34. The molecule has 1 N–H and O–H groups in total. The topological polar surface area (TPSA) is 41.6 Å². The summed E-state index contributed by atoms with van der Waals surface area (Å²) >= 11 is 5.37. The van der Waals surface area contributed by atoms with E-state index >= 15 is 0 Å². The fraction of sp³-hybridized carbons (Fsp3) is 0.529. The number of rotatable bonds is 4. The van der Waals surface area contributed by atoms with Gasteiger partial charge in [0.15, 0.2) is 5.11 Å². The number of thiocarbonyl (C=S) groups is 1. The molecule has 1 aromatic carbocycles. The van der Waals surface area contributed by atoms with Gasteiger partial charge in [-0.2, -0.15) is 0 Å². The summed E-state index contributed by atoms with van der Waals surface area (Å²) in [6, 6.07) is 7.28. The minimum atomic E-state index is -0.199. The van der Waals surface area contributed by atoms with Gasteiger partial charge in [0, 0.05) is 13.1 Å².